The largest absolute Gasteiger partial charge is 0.491 e. The maximum Gasteiger partial charge on any atom is 0.132 e. The number of benzene rings is 2. The molecule has 7 heteroatoms. The second-order valence-electron chi connectivity index (χ2n) is 8.31. The highest BCUT2D eigenvalue weighted by Gasteiger charge is 2.24. The van der Waals surface area contributed by atoms with Crippen LogP contribution in [0.25, 0.3) is 0 Å². The lowest BCUT2D eigenvalue weighted by Gasteiger charge is -2.27. The zero-order valence-electron chi connectivity index (χ0n) is 19.0. The molecule has 2 aromatic rings. The van der Waals surface area contributed by atoms with Gasteiger partial charge in [0.25, 0.3) is 0 Å². The summed E-state index contributed by atoms with van der Waals surface area (Å²) in [4.78, 5) is 0. The maximum atomic E-state index is 9.99. The molecule has 0 saturated carbocycles. The zero-order valence-corrected chi connectivity index (χ0v) is 21.9. The van der Waals surface area contributed by atoms with Crippen molar-refractivity contribution in [3.05, 3.63) is 57.2 Å². The molecule has 0 fully saturated rings. The van der Waals surface area contributed by atoms with E-state index in [9.17, 15) is 10.2 Å². The topological polar surface area (TPSA) is 68.2 Å². The van der Waals surface area contributed by atoms with E-state index in [2.05, 4.69) is 49.4 Å². The van der Waals surface area contributed by atoms with Crippen molar-refractivity contribution >= 4 is 34.2 Å². The molecule has 0 aliphatic heterocycles. The van der Waals surface area contributed by atoms with Crippen LogP contribution in [0.15, 0.2) is 42.5 Å². The van der Waals surface area contributed by atoms with Gasteiger partial charge in [-0.05, 0) is 64.4 Å². The Kier molecular flexibility index (Phi) is 11.6. The number of hydrogen-bond donors (Lipinski definition) is 2. The molecule has 2 unspecified atom stereocenters. The standard InChI is InChI=1S/C25H34ClIO5/c1-4-5-12-30-15-21(29)17-31-22-9-6-18(7-10-22)25(2,3)19-8-11-24(23(27)13-19)32-16-20(28)14-26/h6-11,13,20-21,28-29H,4-5,12,14-17H2,1-3H3. The van der Waals surface area contributed by atoms with Gasteiger partial charge in [-0.25, -0.2) is 0 Å². The van der Waals surface area contributed by atoms with Gasteiger partial charge in [0, 0.05) is 12.0 Å². The van der Waals surface area contributed by atoms with E-state index in [-0.39, 0.29) is 31.1 Å². The van der Waals surface area contributed by atoms with Crippen LogP contribution in [-0.4, -0.2) is 54.7 Å². The van der Waals surface area contributed by atoms with E-state index in [1.165, 1.54) is 0 Å². The first-order chi connectivity index (χ1) is 15.3. The fourth-order valence-electron chi connectivity index (χ4n) is 3.08. The second-order valence-corrected chi connectivity index (χ2v) is 9.78. The third-order valence-electron chi connectivity index (χ3n) is 5.23. The van der Waals surface area contributed by atoms with Crippen LogP contribution < -0.4 is 9.47 Å². The molecule has 32 heavy (non-hydrogen) atoms. The van der Waals surface area contributed by atoms with Crippen molar-refractivity contribution in [1.29, 1.82) is 0 Å². The van der Waals surface area contributed by atoms with Gasteiger partial charge in [-0.3, -0.25) is 0 Å². The molecule has 2 rings (SSSR count). The van der Waals surface area contributed by atoms with Crippen LogP contribution in [0.1, 0.15) is 44.7 Å². The van der Waals surface area contributed by atoms with Crippen molar-refractivity contribution in [1.82, 2.24) is 0 Å². The SMILES string of the molecule is CCCCOCC(O)COc1ccc(C(C)(C)c2ccc(OCC(O)CCl)c(I)c2)cc1. The van der Waals surface area contributed by atoms with Gasteiger partial charge in [-0.1, -0.05) is 45.4 Å². The summed E-state index contributed by atoms with van der Waals surface area (Å²) in [5.74, 6) is 1.59. The average Bonchev–Trinajstić information content (AvgIpc) is 2.79. The van der Waals surface area contributed by atoms with Gasteiger partial charge in [0.15, 0.2) is 0 Å². The Morgan fingerprint density at radius 3 is 2.22 bits per heavy atom. The highest BCUT2D eigenvalue weighted by atomic mass is 127. The number of unbranched alkanes of at least 4 members (excludes halogenated alkanes) is 1. The minimum Gasteiger partial charge on any atom is -0.491 e. The molecule has 2 N–H and O–H groups in total. The first kappa shape index (κ1) is 27.2. The van der Waals surface area contributed by atoms with E-state index in [1.54, 1.807) is 0 Å². The van der Waals surface area contributed by atoms with Crippen molar-refractivity contribution < 1.29 is 24.4 Å². The molecular weight excluding hydrogens is 543 g/mol. The zero-order chi connectivity index (χ0) is 23.6. The van der Waals surface area contributed by atoms with Gasteiger partial charge in [0.1, 0.15) is 36.9 Å². The Balaban J connectivity index is 1.96. The van der Waals surface area contributed by atoms with Gasteiger partial charge in [0.2, 0.25) is 0 Å². The van der Waals surface area contributed by atoms with E-state index in [0.717, 1.165) is 33.3 Å². The van der Waals surface area contributed by atoms with Crippen LogP contribution in [0.2, 0.25) is 0 Å². The minimum atomic E-state index is -0.681. The normalized spacial score (nSPS) is 13.6. The van der Waals surface area contributed by atoms with E-state index >= 15 is 0 Å². The Morgan fingerprint density at radius 2 is 1.59 bits per heavy atom. The predicted octanol–water partition coefficient (Wildman–Crippen LogP) is 5.15. The number of halogens is 2. The van der Waals surface area contributed by atoms with Crippen molar-refractivity contribution in [2.24, 2.45) is 0 Å². The molecule has 0 aliphatic rings. The van der Waals surface area contributed by atoms with E-state index in [4.69, 9.17) is 25.8 Å². The van der Waals surface area contributed by atoms with Crippen LogP contribution in [-0.2, 0) is 10.2 Å². The Morgan fingerprint density at radius 1 is 0.938 bits per heavy atom. The van der Waals surface area contributed by atoms with Crippen molar-refractivity contribution in [2.45, 2.75) is 51.2 Å². The van der Waals surface area contributed by atoms with Gasteiger partial charge >= 0.3 is 0 Å². The van der Waals surface area contributed by atoms with Crippen LogP contribution in [0.3, 0.4) is 0 Å². The number of rotatable bonds is 14. The summed E-state index contributed by atoms with van der Waals surface area (Å²) in [6.45, 7) is 7.77. The maximum absolute atomic E-state index is 9.99. The van der Waals surface area contributed by atoms with E-state index in [0.29, 0.717) is 12.4 Å². The first-order valence-corrected chi connectivity index (χ1v) is 12.5. The number of aliphatic hydroxyl groups is 2. The van der Waals surface area contributed by atoms with Crippen LogP contribution >= 0.6 is 34.2 Å². The van der Waals surface area contributed by atoms with Gasteiger partial charge in [-0.2, -0.15) is 0 Å². The number of alkyl halides is 1. The molecule has 178 valence electrons. The summed E-state index contributed by atoms with van der Waals surface area (Å²) in [6, 6.07) is 14.0. The Labute approximate surface area is 210 Å². The molecule has 0 heterocycles. The fraction of sp³-hybridized carbons (Fsp3) is 0.520. The lowest BCUT2D eigenvalue weighted by Crippen LogP contribution is -2.24. The van der Waals surface area contributed by atoms with Crippen LogP contribution in [0.5, 0.6) is 11.5 Å². The lowest BCUT2D eigenvalue weighted by molar-refractivity contribution is 0.0113. The molecule has 0 radical (unpaired) electrons. The minimum absolute atomic E-state index is 0.146. The van der Waals surface area contributed by atoms with E-state index < -0.39 is 12.2 Å². The van der Waals surface area contributed by atoms with Crippen molar-refractivity contribution in [3.63, 3.8) is 0 Å². The number of ether oxygens (including phenoxy) is 3. The van der Waals surface area contributed by atoms with Crippen LogP contribution in [0, 0.1) is 3.57 Å². The monoisotopic (exact) mass is 576 g/mol. The van der Waals surface area contributed by atoms with Crippen molar-refractivity contribution in [3.8, 4) is 11.5 Å². The number of hydrogen-bond acceptors (Lipinski definition) is 5. The lowest BCUT2D eigenvalue weighted by atomic mass is 9.78. The molecule has 0 bridgehead atoms. The Hall–Kier alpha value is -1.06. The molecule has 2 atom stereocenters. The van der Waals surface area contributed by atoms with Crippen LogP contribution in [0.4, 0.5) is 0 Å². The summed E-state index contributed by atoms with van der Waals surface area (Å²) in [5, 5.41) is 19.6. The van der Waals surface area contributed by atoms with Gasteiger partial charge in [-0.15, -0.1) is 11.6 Å². The summed E-state index contributed by atoms with van der Waals surface area (Å²) in [5.41, 5.74) is 2.08. The molecule has 0 aliphatic carbocycles. The van der Waals surface area contributed by atoms with E-state index in [1.807, 2.05) is 36.4 Å². The summed E-state index contributed by atoms with van der Waals surface area (Å²) >= 11 is 7.88. The van der Waals surface area contributed by atoms with Crippen molar-refractivity contribution in [2.75, 3.05) is 32.3 Å². The average molecular weight is 577 g/mol. The van der Waals surface area contributed by atoms with Gasteiger partial charge in [0.05, 0.1) is 16.1 Å². The molecule has 0 aromatic heterocycles. The highest BCUT2D eigenvalue weighted by molar-refractivity contribution is 14.1. The highest BCUT2D eigenvalue weighted by Crippen LogP contribution is 2.35. The fourth-order valence-corrected chi connectivity index (χ4v) is 3.84. The quantitative estimate of drug-likeness (QED) is 0.185. The first-order valence-electron chi connectivity index (χ1n) is 10.9. The molecule has 5 nitrogen and oxygen atoms in total. The summed E-state index contributed by atoms with van der Waals surface area (Å²) in [7, 11) is 0. The summed E-state index contributed by atoms with van der Waals surface area (Å²) in [6.07, 6.45) is 0.748. The second kappa shape index (κ2) is 13.6. The third-order valence-corrected chi connectivity index (χ3v) is 6.43. The third kappa shape index (κ3) is 8.37. The smallest absolute Gasteiger partial charge is 0.132 e. The molecule has 0 spiro atoms. The Bertz CT molecular complexity index is 812. The molecule has 2 aromatic carbocycles. The molecular formula is C25H34ClIO5. The number of aliphatic hydroxyl groups excluding tert-OH is 2. The molecule has 0 saturated heterocycles. The summed E-state index contributed by atoms with van der Waals surface area (Å²) < 4.78 is 17.8. The molecule has 0 amide bonds. The van der Waals surface area contributed by atoms with Gasteiger partial charge < -0.3 is 24.4 Å². The predicted molar refractivity (Wildman–Crippen MR) is 137 cm³/mol.